The van der Waals surface area contributed by atoms with Crippen LogP contribution in [-0.4, -0.2) is 24.2 Å². The third-order valence-electron chi connectivity index (χ3n) is 15.6. The van der Waals surface area contributed by atoms with Crippen LogP contribution in [0.2, 0.25) is 0 Å². The highest BCUT2D eigenvalue weighted by Gasteiger charge is 2.55. The molecule has 3 N–H and O–H groups in total. The van der Waals surface area contributed by atoms with Crippen LogP contribution in [-0.2, 0) is 0 Å². The Bertz CT molecular complexity index is 1180. The van der Waals surface area contributed by atoms with Crippen LogP contribution in [0, 0.1) is 69.0 Å². The molecule has 3 aliphatic carbocycles. The fourth-order valence-corrected chi connectivity index (χ4v) is 12.6. The summed E-state index contributed by atoms with van der Waals surface area (Å²) in [7, 11) is 0. The molecule has 4 fully saturated rings. The zero-order chi connectivity index (χ0) is 36.9. The van der Waals surface area contributed by atoms with E-state index < -0.39 is 0 Å². The molecule has 3 saturated carbocycles. The molecule has 0 bridgehead atoms. The highest BCUT2D eigenvalue weighted by molar-refractivity contribution is 5.13. The van der Waals surface area contributed by atoms with Crippen molar-refractivity contribution in [2.75, 3.05) is 0 Å². The lowest BCUT2D eigenvalue weighted by Crippen LogP contribution is -2.63. The first-order valence-corrected chi connectivity index (χ1v) is 20.8. The topological polar surface area (TPSA) is 36.1 Å². The third-order valence-corrected chi connectivity index (χ3v) is 15.6. The molecule has 4 rings (SSSR count). The van der Waals surface area contributed by atoms with Crippen molar-refractivity contribution in [2.45, 2.75) is 185 Å². The molecule has 0 spiro atoms. The van der Waals surface area contributed by atoms with Crippen molar-refractivity contribution < 1.29 is 0 Å². The van der Waals surface area contributed by atoms with E-state index in [1.165, 1.54) is 69.8 Å². The Kier molecular flexibility index (Phi) is 12.4. The average molecular weight is 678 g/mol. The molecule has 4 aliphatic rings. The minimum absolute atomic E-state index is 0.162. The van der Waals surface area contributed by atoms with Crippen molar-refractivity contribution in [1.82, 2.24) is 16.0 Å². The first-order chi connectivity index (χ1) is 22.5. The lowest BCUT2D eigenvalue weighted by Gasteiger charge is -2.59. The van der Waals surface area contributed by atoms with E-state index in [0.29, 0.717) is 58.2 Å². The van der Waals surface area contributed by atoms with Crippen LogP contribution < -0.4 is 16.0 Å². The maximum Gasteiger partial charge on any atom is 0.0440 e. The van der Waals surface area contributed by atoms with E-state index in [1.807, 2.05) is 0 Å². The minimum Gasteiger partial charge on any atom is -0.385 e. The monoisotopic (exact) mass is 678 g/mol. The first kappa shape index (κ1) is 40.5. The predicted molar refractivity (Wildman–Crippen MR) is 215 cm³/mol. The van der Waals surface area contributed by atoms with Gasteiger partial charge in [-0.15, -0.1) is 0 Å². The van der Waals surface area contributed by atoms with E-state index in [2.05, 4.69) is 133 Å². The molecule has 0 aromatic rings. The van der Waals surface area contributed by atoms with Gasteiger partial charge >= 0.3 is 0 Å². The first-order valence-electron chi connectivity index (χ1n) is 20.8. The summed E-state index contributed by atoms with van der Waals surface area (Å²) in [6.45, 7) is 47.7. The van der Waals surface area contributed by atoms with Crippen molar-refractivity contribution in [3.05, 3.63) is 36.7 Å². The summed E-state index contributed by atoms with van der Waals surface area (Å²) in [5.74, 6) is 5.81. The standard InChI is InChI=1S/C46H83N3/c1-18-34-22-37(25-43(11,12)13)42(48-30(6)7)44(14,15)38(34)24-40-41(47-29(4)5)35(21-31(8)49-40)23-36-26-46(17)20-19-45(16,28(2)3)27-39(46)33(10)32(36)9/h31-42,47-49H,2,4,6,18-27H2,1,3,5,7-17H3. The van der Waals surface area contributed by atoms with Crippen LogP contribution in [0.15, 0.2) is 36.7 Å². The number of fused-ring (bicyclic) bond motifs is 1. The van der Waals surface area contributed by atoms with E-state index in [-0.39, 0.29) is 5.41 Å². The van der Waals surface area contributed by atoms with E-state index in [4.69, 9.17) is 0 Å². The van der Waals surface area contributed by atoms with E-state index in [1.54, 1.807) is 0 Å². The average Bonchev–Trinajstić information content (AvgIpc) is 2.96. The van der Waals surface area contributed by atoms with E-state index in [9.17, 15) is 0 Å². The van der Waals surface area contributed by atoms with Crippen molar-refractivity contribution in [3.63, 3.8) is 0 Å². The molecule has 3 heteroatoms. The third kappa shape index (κ3) is 8.88. The Morgan fingerprint density at radius 1 is 0.776 bits per heavy atom. The SMILES string of the molecule is C=C(C)NC1C(CC2CC3(C)CCC(C)(C(=C)C)CC3C(C)C2C)CC(C)NC1CC1C(CC)CC(CC(C)(C)C)C(NC(=C)C)C1(C)C. The number of nitrogens with one attached hydrogen (secondary N) is 3. The maximum atomic E-state index is 4.46. The van der Waals surface area contributed by atoms with Crippen LogP contribution >= 0.6 is 0 Å². The molecule has 1 aliphatic heterocycles. The maximum absolute atomic E-state index is 4.46. The molecule has 3 nitrogen and oxygen atoms in total. The molecule has 49 heavy (non-hydrogen) atoms. The summed E-state index contributed by atoms with van der Waals surface area (Å²) in [6.07, 6.45) is 13.1. The Labute approximate surface area is 306 Å². The van der Waals surface area contributed by atoms with Gasteiger partial charge in [-0.1, -0.05) is 101 Å². The largest absolute Gasteiger partial charge is 0.385 e. The molecular weight excluding hydrogens is 595 g/mol. The smallest absolute Gasteiger partial charge is 0.0440 e. The van der Waals surface area contributed by atoms with Gasteiger partial charge in [-0.05, 0) is 154 Å². The Morgan fingerprint density at radius 3 is 1.96 bits per heavy atom. The summed E-state index contributed by atoms with van der Waals surface area (Å²) >= 11 is 0. The molecule has 0 aromatic carbocycles. The van der Waals surface area contributed by atoms with Gasteiger partial charge in [0.05, 0.1) is 0 Å². The molecule has 282 valence electrons. The van der Waals surface area contributed by atoms with Gasteiger partial charge in [-0.25, -0.2) is 0 Å². The van der Waals surface area contributed by atoms with Gasteiger partial charge in [0.2, 0.25) is 0 Å². The van der Waals surface area contributed by atoms with Gasteiger partial charge in [-0.3, -0.25) is 0 Å². The molecular formula is C46H83N3. The number of hydrogen-bond acceptors (Lipinski definition) is 3. The second-order valence-corrected chi connectivity index (χ2v) is 21.3. The van der Waals surface area contributed by atoms with Gasteiger partial charge in [0.25, 0.3) is 0 Å². The van der Waals surface area contributed by atoms with Crippen molar-refractivity contribution >= 4 is 0 Å². The molecule has 1 saturated heterocycles. The van der Waals surface area contributed by atoms with Gasteiger partial charge in [-0.2, -0.15) is 0 Å². The highest BCUT2D eigenvalue weighted by Crippen LogP contribution is 2.62. The summed E-state index contributed by atoms with van der Waals surface area (Å²) in [4.78, 5) is 0. The van der Waals surface area contributed by atoms with Gasteiger partial charge in [0.15, 0.2) is 0 Å². The Balaban J connectivity index is 1.60. The minimum atomic E-state index is 0.162. The lowest BCUT2D eigenvalue weighted by atomic mass is 9.46. The van der Waals surface area contributed by atoms with Crippen LogP contribution in [0.4, 0.5) is 0 Å². The summed E-state index contributed by atoms with van der Waals surface area (Å²) in [6, 6.07) is 1.85. The van der Waals surface area contributed by atoms with E-state index in [0.717, 1.165) is 41.0 Å². The van der Waals surface area contributed by atoms with E-state index >= 15 is 0 Å². The summed E-state index contributed by atoms with van der Waals surface area (Å²) in [5, 5.41) is 12.2. The van der Waals surface area contributed by atoms with Crippen molar-refractivity contribution in [1.29, 1.82) is 0 Å². The fourth-order valence-electron chi connectivity index (χ4n) is 12.6. The van der Waals surface area contributed by atoms with Crippen LogP contribution in [0.3, 0.4) is 0 Å². The Morgan fingerprint density at radius 2 is 1.41 bits per heavy atom. The van der Waals surface area contributed by atoms with Crippen molar-refractivity contribution in [3.8, 4) is 0 Å². The summed E-state index contributed by atoms with van der Waals surface area (Å²) in [5.41, 5.74) is 4.89. The van der Waals surface area contributed by atoms with Gasteiger partial charge < -0.3 is 16.0 Å². The molecule has 1 heterocycles. The van der Waals surface area contributed by atoms with Gasteiger partial charge in [0.1, 0.15) is 0 Å². The molecule has 0 amide bonds. The zero-order valence-corrected chi connectivity index (χ0v) is 35.1. The van der Waals surface area contributed by atoms with Gasteiger partial charge in [0, 0.05) is 35.6 Å². The number of allylic oxidation sites excluding steroid dienone is 3. The lowest BCUT2D eigenvalue weighted by molar-refractivity contribution is -0.0780. The number of rotatable bonds is 11. The highest BCUT2D eigenvalue weighted by atomic mass is 15.1. The normalized spacial score (nSPS) is 44.0. The number of piperidine rings is 1. The fraction of sp³-hybridized carbons (Fsp3) is 0.870. The molecule has 0 aromatic heterocycles. The predicted octanol–water partition coefficient (Wildman–Crippen LogP) is 11.9. The van der Waals surface area contributed by atoms with Crippen molar-refractivity contribution in [2.24, 2.45) is 69.0 Å². The van der Waals surface area contributed by atoms with Crippen LogP contribution in [0.25, 0.3) is 0 Å². The quantitative estimate of drug-likeness (QED) is 0.191. The molecule has 14 atom stereocenters. The second kappa shape index (κ2) is 15.0. The second-order valence-electron chi connectivity index (χ2n) is 21.3. The summed E-state index contributed by atoms with van der Waals surface area (Å²) < 4.78 is 0. The van der Waals surface area contributed by atoms with Crippen LogP contribution in [0.1, 0.15) is 161 Å². The Hall–Kier alpha value is -1.22. The molecule has 0 radical (unpaired) electrons. The number of hydrogen-bond donors (Lipinski definition) is 3. The zero-order valence-electron chi connectivity index (χ0n) is 35.1. The van der Waals surface area contributed by atoms with Crippen LogP contribution in [0.5, 0.6) is 0 Å². The molecule has 14 unspecified atom stereocenters.